The Balaban J connectivity index is 1.62. The van der Waals surface area contributed by atoms with Gasteiger partial charge < -0.3 is 10.4 Å². The standard InChI is InChI=1S/C18H18N2O5S/c21-15(19-18(8-3-9-18)10-16(22)23)11-20-13-6-1-4-12-5-2-7-14(17(12)13)26(20,24)25/h1-2,4-7H,3,8-11H2,(H,19,21)(H,22,23). The van der Waals surface area contributed by atoms with Gasteiger partial charge in [-0.05, 0) is 36.8 Å². The van der Waals surface area contributed by atoms with Crippen molar-refractivity contribution < 1.29 is 23.1 Å². The summed E-state index contributed by atoms with van der Waals surface area (Å²) in [6, 6.07) is 10.3. The van der Waals surface area contributed by atoms with Crippen LogP contribution >= 0.6 is 0 Å². The fourth-order valence-corrected chi connectivity index (χ4v) is 5.50. The van der Waals surface area contributed by atoms with Gasteiger partial charge in [0.15, 0.2) is 0 Å². The van der Waals surface area contributed by atoms with Crippen LogP contribution in [0.5, 0.6) is 0 Å². The molecule has 0 bridgehead atoms. The lowest BCUT2D eigenvalue weighted by Gasteiger charge is -2.41. The lowest BCUT2D eigenvalue weighted by Crippen LogP contribution is -2.56. The number of carboxylic acids is 1. The first-order chi connectivity index (χ1) is 12.3. The van der Waals surface area contributed by atoms with Crippen LogP contribution in [0.15, 0.2) is 41.3 Å². The first-order valence-corrected chi connectivity index (χ1v) is 9.84. The van der Waals surface area contributed by atoms with Crippen LogP contribution in [0.25, 0.3) is 10.8 Å². The Hall–Kier alpha value is -2.61. The van der Waals surface area contributed by atoms with E-state index in [1.807, 2.05) is 12.1 Å². The van der Waals surface area contributed by atoms with Crippen molar-refractivity contribution >= 4 is 38.4 Å². The summed E-state index contributed by atoms with van der Waals surface area (Å²) >= 11 is 0. The molecule has 1 aliphatic carbocycles. The molecule has 8 heteroatoms. The molecule has 0 spiro atoms. The number of carbonyl (C=O) groups excluding carboxylic acids is 1. The quantitative estimate of drug-likeness (QED) is 0.831. The summed E-state index contributed by atoms with van der Waals surface area (Å²) in [5.74, 6) is -1.46. The Morgan fingerprint density at radius 3 is 2.46 bits per heavy atom. The number of benzene rings is 2. The molecule has 136 valence electrons. The lowest BCUT2D eigenvalue weighted by atomic mass is 9.74. The Morgan fingerprint density at radius 2 is 1.85 bits per heavy atom. The number of carbonyl (C=O) groups is 2. The fraction of sp³-hybridized carbons (Fsp3) is 0.333. The van der Waals surface area contributed by atoms with Crippen LogP contribution < -0.4 is 9.62 Å². The second kappa shape index (κ2) is 5.70. The lowest BCUT2D eigenvalue weighted by molar-refractivity contribution is -0.140. The maximum atomic E-state index is 12.9. The molecule has 0 radical (unpaired) electrons. The molecule has 0 aromatic heterocycles. The molecule has 0 unspecified atom stereocenters. The number of rotatable bonds is 5. The molecule has 1 saturated carbocycles. The number of amides is 1. The van der Waals surface area contributed by atoms with Gasteiger partial charge >= 0.3 is 5.97 Å². The van der Waals surface area contributed by atoms with Crippen LogP contribution in [0.2, 0.25) is 0 Å². The number of nitrogens with one attached hydrogen (secondary N) is 1. The van der Waals surface area contributed by atoms with E-state index in [1.54, 1.807) is 18.2 Å². The molecule has 1 amide bonds. The molecular weight excluding hydrogens is 356 g/mol. The maximum Gasteiger partial charge on any atom is 0.305 e. The summed E-state index contributed by atoms with van der Waals surface area (Å²) in [6.45, 7) is -0.364. The summed E-state index contributed by atoms with van der Waals surface area (Å²) in [5, 5.41) is 13.2. The molecule has 0 atom stereocenters. The third-order valence-electron chi connectivity index (χ3n) is 5.17. The minimum Gasteiger partial charge on any atom is -0.481 e. The van der Waals surface area contributed by atoms with E-state index < -0.39 is 27.4 Å². The van der Waals surface area contributed by atoms with Crippen molar-refractivity contribution in [2.45, 2.75) is 36.1 Å². The summed E-state index contributed by atoms with van der Waals surface area (Å²) < 4.78 is 26.9. The Kier molecular flexibility index (Phi) is 3.69. The molecular formula is C18H18N2O5S. The minimum absolute atomic E-state index is 0.151. The third kappa shape index (κ3) is 2.52. The van der Waals surface area contributed by atoms with Crippen LogP contribution in [0.4, 0.5) is 5.69 Å². The van der Waals surface area contributed by atoms with Gasteiger partial charge in [-0.3, -0.25) is 13.9 Å². The van der Waals surface area contributed by atoms with Crippen molar-refractivity contribution in [2.75, 3.05) is 10.8 Å². The first kappa shape index (κ1) is 16.8. The Bertz CT molecular complexity index is 1020. The summed E-state index contributed by atoms with van der Waals surface area (Å²) in [7, 11) is -3.80. The van der Waals surface area contributed by atoms with Gasteiger partial charge in [0, 0.05) is 5.39 Å². The normalized spacial score (nSPS) is 19.2. The number of nitrogens with zero attached hydrogens (tertiary/aromatic N) is 1. The minimum atomic E-state index is -3.80. The number of anilines is 1. The Labute approximate surface area is 150 Å². The average Bonchev–Trinajstić information content (AvgIpc) is 2.76. The topological polar surface area (TPSA) is 104 Å². The molecule has 0 saturated heterocycles. The van der Waals surface area contributed by atoms with Crippen molar-refractivity contribution in [3.8, 4) is 0 Å². The van der Waals surface area contributed by atoms with Crippen LogP contribution in [0.3, 0.4) is 0 Å². The van der Waals surface area contributed by atoms with Crippen LogP contribution in [-0.2, 0) is 19.6 Å². The second-order valence-electron chi connectivity index (χ2n) is 6.90. The highest BCUT2D eigenvalue weighted by Crippen LogP contribution is 2.42. The summed E-state index contributed by atoms with van der Waals surface area (Å²) in [4.78, 5) is 23.8. The largest absolute Gasteiger partial charge is 0.481 e. The molecule has 1 fully saturated rings. The Morgan fingerprint density at radius 1 is 1.15 bits per heavy atom. The molecule has 7 nitrogen and oxygen atoms in total. The van der Waals surface area contributed by atoms with Crippen molar-refractivity contribution in [1.82, 2.24) is 5.32 Å². The van der Waals surface area contributed by atoms with E-state index in [0.717, 1.165) is 16.1 Å². The van der Waals surface area contributed by atoms with Gasteiger partial charge in [-0.25, -0.2) is 8.42 Å². The highest BCUT2D eigenvalue weighted by molar-refractivity contribution is 7.93. The zero-order valence-corrected chi connectivity index (χ0v) is 14.8. The SMILES string of the molecule is O=C(O)CC1(NC(=O)CN2c3cccc4cccc(c34)S2(=O)=O)CCC1. The van der Waals surface area contributed by atoms with Gasteiger partial charge in [0.05, 0.1) is 22.5 Å². The van der Waals surface area contributed by atoms with E-state index in [-0.39, 0.29) is 17.9 Å². The van der Waals surface area contributed by atoms with Crippen molar-refractivity contribution in [2.24, 2.45) is 0 Å². The van der Waals surface area contributed by atoms with E-state index in [0.29, 0.717) is 23.9 Å². The van der Waals surface area contributed by atoms with E-state index in [4.69, 9.17) is 5.11 Å². The van der Waals surface area contributed by atoms with Gasteiger partial charge in [-0.15, -0.1) is 0 Å². The first-order valence-electron chi connectivity index (χ1n) is 8.40. The van der Waals surface area contributed by atoms with Crippen molar-refractivity contribution in [3.05, 3.63) is 36.4 Å². The van der Waals surface area contributed by atoms with E-state index in [9.17, 15) is 18.0 Å². The highest BCUT2D eigenvalue weighted by atomic mass is 32.2. The van der Waals surface area contributed by atoms with Gasteiger partial charge in [-0.1, -0.05) is 24.3 Å². The predicted molar refractivity (Wildman–Crippen MR) is 95.5 cm³/mol. The average molecular weight is 374 g/mol. The molecule has 4 rings (SSSR count). The molecule has 26 heavy (non-hydrogen) atoms. The number of sulfonamides is 1. The fourth-order valence-electron chi connectivity index (χ4n) is 3.83. The van der Waals surface area contributed by atoms with Gasteiger partial charge in [0.25, 0.3) is 10.0 Å². The molecule has 2 aromatic carbocycles. The zero-order chi connectivity index (χ0) is 18.5. The molecule has 1 aliphatic heterocycles. The highest BCUT2D eigenvalue weighted by Gasteiger charge is 2.42. The van der Waals surface area contributed by atoms with Crippen molar-refractivity contribution in [1.29, 1.82) is 0 Å². The van der Waals surface area contributed by atoms with Crippen LogP contribution in [0.1, 0.15) is 25.7 Å². The van der Waals surface area contributed by atoms with Gasteiger partial charge in [0.1, 0.15) is 6.54 Å². The number of hydrogen-bond donors (Lipinski definition) is 2. The molecule has 2 N–H and O–H groups in total. The number of hydrogen-bond acceptors (Lipinski definition) is 4. The number of aliphatic carboxylic acids is 1. The molecule has 2 aliphatic rings. The van der Waals surface area contributed by atoms with Gasteiger partial charge in [-0.2, -0.15) is 0 Å². The van der Waals surface area contributed by atoms with E-state index >= 15 is 0 Å². The zero-order valence-electron chi connectivity index (χ0n) is 13.9. The monoisotopic (exact) mass is 374 g/mol. The van der Waals surface area contributed by atoms with E-state index in [2.05, 4.69) is 5.32 Å². The summed E-state index contributed by atoms with van der Waals surface area (Å²) in [5.41, 5.74) is -0.278. The maximum absolute atomic E-state index is 12.9. The van der Waals surface area contributed by atoms with E-state index in [1.165, 1.54) is 6.07 Å². The number of carboxylic acid groups (broad SMARTS) is 1. The van der Waals surface area contributed by atoms with Crippen LogP contribution in [-0.4, -0.2) is 37.5 Å². The van der Waals surface area contributed by atoms with Crippen molar-refractivity contribution in [3.63, 3.8) is 0 Å². The molecule has 1 heterocycles. The smallest absolute Gasteiger partial charge is 0.305 e. The summed E-state index contributed by atoms with van der Waals surface area (Å²) in [6.07, 6.45) is 1.88. The molecule has 2 aromatic rings. The predicted octanol–water partition coefficient (Wildman–Crippen LogP) is 1.86. The third-order valence-corrected chi connectivity index (χ3v) is 6.98. The van der Waals surface area contributed by atoms with Gasteiger partial charge in [0.2, 0.25) is 5.91 Å². The van der Waals surface area contributed by atoms with Crippen LogP contribution in [0, 0.1) is 0 Å². The second-order valence-corrected chi connectivity index (χ2v) is 8.73.